The summed E-state index contributed by atoms with van der Waals surface area (Å²) < 4.78 is 42.5. The van der Waals surface area contributed by atoms with Crippen LogP contribution in [0.15, 0.2) is 6.33 Å². The van der Waals surface area contributed by atoms with Gasteiger partial charge in [-0.1, -0.05) is 13.8 Å². The molecule has 0 aliphatic rings. The molecule has 116 valence electrons. The molecule has 1 aromatic rings. The fraction of sp³-hybridized carbons (Fsp3) is 0.833. The fourth-order valence-corrected chi connectivity index (χ4v) is 1.73. The first-order valence-electron chi connectivity index (χ1n) is 6.50. The molecule has 5 nitrogen and oxygen atoms in total. The van der Waals surface area contributed by atoms with Gasteiger partial charge in [0.15, 0.2) is 0 Å². The van der Waals surface area contributed by atoms with Crippen molar-refractivity contribution in [3.63, 3.8) is 0 Å². The first-order valence-corrected chi connectivity index (χ1v) is 6.50. The monoisotopic (exact) mass is 294 g/mol. The van der Waals surface area contributed by atoms with Gasteiger partial charge in [0.05, 0.1) is 6.61 Å². The zero-order chi connectivity index (χ0) is 15.2. The maximum atomic E-state index is 12.0. The van der Waals surface area contributed by atoms with Crippen LogP contribution in [0.25, 0.3) is 0 Å². The van der Waals surface area contributed by atoms with Crippen LogP contribution in [0.5, 0.6) is 0 Å². The molecule has 0 saturated heterocycles. The van der Waals surface area contributed by atoms with Gasteiger partial charge >= 0.3 is 6.18 Å². The van der Waals surface area contributed by atoms with Crippen molar-refractivity contribution in [2.75, 3.05) is 20.3 Å². The third kappa shape index (κ3) is 6.33. The van der Waals surface area contributed by atoms with Crippen LogP contribution < -0.4 is 5.32 Å². The lowest BCUT2D eigenvalue weighted by atomic mass is 10.2. The average Bonchev–Trinajstić information content (AvgIpc) is 2.72. The van der Waals surface area contributed by atoms with Gasteiger partial charge in [-0.25, -0.2) is 9.67 Å². The van der Waals surface area contributed by atoms with Gasteiger partial charge in [-0.05, 0) is 13.0 Å². The molecule has 0 bridgehead atoms. The summed E-state index contributed by atoms with van der Waals surface area (Å²) >= 11 is 0. The summed E-state index contributed by atoms with van der Waals surface area (Å²) in [5.41, 5.74) is 0. The van der Waals surface area contributed by atoms with Crippen molar-refractivity contribution >= 4 is 0 Å². The number of likely N-dealkylation sites (N-methyl/N-ethyl adjacent to an activating group) is 1. The van der Waals surface area contributed by atoms with Crippen molar-refractivity contribution in [2.24, 2.45) is 5.92 Å². The fourth-order valence-electron chi connectivity index (χ4n) is 1.73. The second kappa shape index (κ2) is 7.58. The Hall–Kier alpha value is -1.15. The number of hydrogen-bond acceptors (Lipinski definition) is 4. The lowest BCUT2D eigenvalue weighted by Crippen LogP contribution is -2.35. The van der Waals surface area contributed by atoms with Crippen LogP contribution in [-0.2, 0) is 17.7 Å². The van der Waals surface area contributed by atoms with Crippen LogP contribution >= 0.6 is 0 Å². The molecule has 0 aliphatic heterocycles. The Bertz CT molecular complexity index is 392. The minimum atomic E-state index is -4.30. The molecule has 1 rings (SSSR count). The summed E-state index contributed by atoms with van der Waals surface area (Å²) in [5.74, 6) is 1.17. The van der Waals surface area contributed by atoms with Crippen LogP contribution in [0.4, 0.5) is 13.2 Å². The van der Waals surface area contributed by atoms with Gasteiger partial charge in [-0.3, -0.25) is 0 Å². The number of halogens is 3. The summed E-state index contributed by atoms with van der Waals surface area (Å²) in [7, 11) is 1.69. The zero-order valence-electron chi connectivity index (χ0n) is 11.9. The number of aromatic nitrogens is 3. The van der Waals surface area contributed by atoms with E-state index in [-0.39, 0.29) is 12.6 Å². The Morgan fingerprint density at radius 2 is 2.10 bits per heavy atom. The minimum absolute atomic E-state index is 0.0233. The second-order valence-corrected chi connectivity index (χ2v) is 5.07. The Labute approximate surface area is 116 Å². The zero-order valence-corrected chi connectivity index (χ0v) is 11.9. The molecule has 20 heavy (non-hydrogen) atoms. The predicted molar refractivity (Wildman–Crippen MR) is 68.3 cm³/mol. The molecule has 0 fully saturated rings. The Morgan fingerprint density at radius 3 is 2.65 bits per heavy atom. The molecular formula is C12H21F3N4O. The van der Waals surface area contributed by atoms with Crippen molar-refractivity contribution in [1.29, 1.82) is 0 Å². The van der Waals surface area contributed by atoms with Crippen molar-refractivity contribution in [2.45, 2.75) is 39.0 Å². The van der Waals surface area contributed by atoms with E-state index in [1.807, 2.05) is 0 Å². The van der Waals surface area contributed by atoms with Gasteiger partial charge in [-0.2, -0.15) is 18.3 Å². The average molecular weight is 294 g/mol. The van der Waals surface area contributed by atoms with Crippen molar-refractivity contribution < 1.29 is 17.9 Å². The minimum Gasteiger partial charge on any atom is -0.370 e. The van der Waals surface area contributed by atoms with Crippen LogP contribution in [0, 0.1) is 5.92 Å². The van der Waals surface area contributed by atoms with Gasteiger partial charge in [0.2, 0.25) is 0 Å². The molecule has 0 aromatic carbocycles. The summed E-state index contributed by atoms with van der Waals surface area (Å²) in [6.07, 6.45) is -2.36. The summed E-state index contributed by atoms with van der Waals surface area (Å²) in [6, 6.07) is -0.229. The first kappa shape index (κ1) is 16.9. The highest BCUT2D eigenvalue weighted by molar-refractivity contribution is 4.90. The van der Waals surface area contributed by atoms with E-state index in [4.69, 9.17) is 0 Å². The van der Waals surface area contributed by atoms with E-state index < -0.39 is 12.8 Å². The number of hydrogen-bond donors (Lipinski definition) is 1. The highest BCUT2D eigenvalue weighted by Crippen LogP contribution is 2.14. The molecule has 1 atom stereocenters. The van der Waals surface area contributed by atoms with Crippen molar-refractivity contribution in [3.8, 4) is 0 Å². The maximum absolute atomic E-state index is 12.0. The Balaban J connectivity index is 2.49. The molecule has 1 N–H and O–H groups in total. The number of nitrogens with one attached hydrogen (secondary N) is 1. The third-order valence-electron chi connectivity index (χ3n) is 2.66. The molecule has 0 radical (unpaired) electrons. The van der Waals surface area contributed by atoms with Gasteiger partial charge in [0.1, 0.15) is 18.8 Å². The standard InChI is InChI=1S/C12H21F3N4O/c1-9(2)5-19-11(17-8-18-19)4-10(16-3)6-20-7-12(13,14)15/h8-10,16H,4-7H2,1-3H3. The highest BCUT2D eigenvalue weighted by Gasteiger charge is 2.28. The predicted octanol–water partition coefficient (Wildman–Crippen LogP) is 1.64. The number of ether oxygens (including phenoxy) is 1. The van der Waals surface area contributed by atoms with Gasteiger partial charge in [-0.15, -0.1) is 0 Å². The molecular weight excluding hydrogens is 273 g/mol. The van der Waals surface area contributed by atoms with Gasteiger partial charge < -0.3 is 10.1 Å². The molecule has 0 aliphatic carbocycles. The molecule has 0 spiro atoms. The smallest absolute Gasteiger partial charge is 0.370 e. The Kier molecular flexibility index (Phi) is 6.41. The summed E-state index contributed by atoms with van der Waals surface area (Å²) in [4.78, 5) is 4.15. The van der Waals surface area contributed by atoms with Gasteiger partial charge in [0, 0.05) is 19.0 Å². The van der Waals surface area contributed by atoms with E-state index in [0.29, 0.717) is 12.3 Å². The molecule has 0 saturated carbocycles. The summed E-state index contributed by atoms with van der Waals surface area (Å²) in [5, 5.41) is 7.05. The van der Waals surface area contributed by atoms with Crippen molar-refractivity contribution in [1.82, 2.24) is 20.1 Å². The number of alkyl halides is 3. The van der Waals surface area contributed by atoms with E-state index in [1.165, 1.54) is 6.33 Å². The molecule has 0 amide bonds. The van der Waals surface area contributed by atoms with Crippen LogP contribution in [0.3, 0.4) is 0 Å². The molecule has 8 heteroatoms. The number of nitrogens with zero attached hydrogens (tertiary/aromatic N) is 3. The first-order chi connectivity index (χ1) is 9.31. The van der Waals surface area contributed by atoms with E-state index in [1.54, 1.807) is 11.7 Å². The van der Waals surface area contributed by atoms with Crippen LogP contribution in [0.2, 0.25) is 0 Å². The molecule has 1 heterocycles. The largest absolute Gasteiger partial charge is 0.411 e. The van der Waals surface area contributed by atoms with E-state index in [0.717, 1.165) is 12.4 Å². The molecule has 1 aromatic heterocycles. The van der Waals surface area contributed by atoms with Crippen molar-refractivity contribution in [3.05, 3.63) is 12.2 Å². The maximum Gasteiger partial charge on any atom is 0.411 e. The van der Waals surface area contributed by atoms with E-state index in [2.05, 4.69) is 34.0 Å². The van der Waals surface area contributed by atoms with E-state index >= 15 is 0 Å². The lowest BCUT2D eigenvalue weighted by molar-refractivity contribution is -0.175. The van der Waals surface area contributed by atoms with Crippen LogP contribution in [-0.4, -0.2) is 47.2 Å². The second-order valence-electron chi connectivity index (χ2n) is 5.07. The topological polar surface area (TPSA) is 52.0 Å². The quantitative estimate of drug-likeness (QED) is 0.792. The molecule has 1 unspecified atom stereocenters. The Morgan fingerprint density at radius 1 is 1.40 bits per heavy atom. The van der Waals surface area contributed by atoms with Gasteiger partial charge in [0.25, 0.3) is 0 Å². The SMILES string of the molecule is CNC(COCC(F)(F)F)Cc1ncnn1CC(C)C. The lowest BCUT2D eigenvalue weighted by Gasteiger charge is -2.17. The van der Waals surface area contributed by atoms with E-state index in [9.17, 15) is 13.2 Å². The third-order valence-corrected chi connectivity index (χ3v) is 2.66. The highest BCUT2D eigenvalue weighted by atomic mass is 19.4. The number of rotatable bonds is 8. The summed E-state index contributed by atoms with van der Waals surface area (Å²) in [6.45, 7) is 3.60. The van der Waals surface area contributed by atoms with Crippen LogP contribution in [0.1, 0.15) is 19.7 Å². The normalized spacial score (nSPS) is 13.9.